The lowest BCUT2D eigenvalue weighted by molar-refractivity contribution is 0.222. The highest BCUT2D eigenvalue weighted by atomic mass is 79.9. The molecule has 0 spiro atoms. The maximum Gasteiger partial charge on any atom is 0.226 e. The molecule has 0 amide bonds. The van der Waals surface area contributed by atoms with Gasteiger partial charge in [0.1, 0.15) is 30.0 Å². The molecule has 0 aliphatic carbocycles. The molecule has 7 nitrogen and oxygen atoms in total. The van der Waals surface area contributed by atoms with E-state index in [9.17, 15) is 4.39 Å². The maximum atomic E-state index is 14.4. The van der Waals surface area contributed by atoms with Gasteiger partial charge in [-0.3, -0.25) is 0 Å². The Morgan fingerprint density at radius 1 is 0.971 bits per heavy atom. The third-order valence-electron chi connectivity index (χ3n) is 6.27. The molecule has 1 aromatic heterocycles. The summed E-state index contributed by atoms with van der Waals surface area (Å²) in [5, 5.41) is 7.90. The van der Waals surface area contributed by atoms with Crippen molar-refractivity contribution in [1.29, 1.82) is 0 Å². The van der Waals surface area contributed by atoms with Crippen LogP contribution in [0.5, 0.6) is 17.2 Å². The third kappa shape index (κ3) is 3.54. The fourth-order valence-corrected chi connectivity index (χ4v) is 4.96. The lowest BCUT2D eigenvalue weighted by atomic mass is 9.84. The van der Waals surface area contributed by atoms with Crippen LogP contribution in [0.1, 0.15) is 28.8 Å². The number of fused-ring (bicyclic) bond motifs is 3. The minimum Gasteiger partial charge on any atom is -0.493 e. The quantitative estimate of drug-likeness (QED) is 0.359. The average Bonchev–Trinajstić information content (AvgIpc) is 3.35. The van der Waals surface area contributed by atoms with Gasteiger partial charge in [0.05, 0.1) is 19.9 Å². The van der Waals surface area contributed by atoms with Gasteiger partial charge in [0.25, 0.3) is 0 Å². The standard InChI is InChI=1S/C26H20BrFN4O3/c1-33-20-9-5-15(11-21(20)34-2)25-22-23(18-12-17(28)8-10-19(18)35-25)31-26-29-13-30-32(26)24(22)14-3-6-16(27)7-4-14/h3-13,24-25H,1-2H3,(H,29,30,31)/t24-,25-/m0/s1. The first-order chi connectivity index (χ1) is 17.1. The summed E-state index contributed by atoms with van der Waals surface area (Å²) < 4.78 is 34.7. The predicted octanol–water partition coefficient (Wildman–Crippen LogP) is 5.76. The van der Waals surface area contributed by atoms with Crippen LogP contribution in [0.2, 0.25) is 0 Å². The van der Waals surface area contributed by atoms with Crippen molar-refractivity contribution in [2.24, 2.45) is 0 Å². The van der Waals surface area contributed by atoms with Crippen molar-refractivity contribution in [2.45, 2.75) is 12.1 Å². The Labute approximate surface area is 209 Å². The van der Waals surface area contributed by atoms with Crippen molar-refractivity contribution in [3.05, 3.63) is 99.5 Å². The number of nitrogens with zero attached hydrogens (tertiary/aromatic N) is 3. The van der Waals surface area contributed by atoms with E-state index in [2.05, 4.69) is 31.3 Å². The molecule has 9 heteroatoms. The van der Waals surface area contributed by atoms with E-state index in [0.29, 0.717) is 28.8 Å². The van der Waals surface area contributed by atoms with Crippen LogP contribution in [-0.2, 0) is 0 Å². The molecule has 2 aliphatic rings. The van der Waals surface area contributed by atoms with E-state index in [1.807, 2.05) is 47.1 Å². The van der Waals surface area contributed by atoms with Crippen molar-refractivity contribution in [2.75, 3.05) is 19.5 Å². The molecule has 2 atom stereocenters. The molecule has 6 rings (SSSR count). The molecule has 0 radical (unpaired) electrons. The smallest absolute Gasteiger partial charge is 0.226 e. The fourth-order valence-electron chi connectivity index (χ4n) is 4.70. The summed E-state index contributed by atoms with van der Waals surface area (Å²) in [5.41, 5.74) is 4.11. The Morgan fingerprint density at radius 2 is 1.74 bits per heavy atom. The van der Waals surface area contributed by atoms with Crippen molar-refractivity contribution >= 4 is 27.6 Å². The number of halogens is 2. The largest absolute Gasteiger partial charge is 0.493 e. The van der Waals surface area contributed by atoms with Gasteiger partial charge in [-0.2, -0.15) is 10.1 Å². The van der Waals surface area contributed by atoms with E-state index in [-0.39, 0.29) is 11.9 Å². The number of aromatic nitrogens is 3. The number of rotatable bonds is 4. The summed E-state index contributed by atoms with van der Waals surface area (Å²) in [6.45, 7) is 0. The van der Waals surface area contributed by atoms with Gasteiger partial charge >= 0.3 is 0 Å². The molecule has 2 aliphatic heterocycles. The van der Waals surface area contributed by atoms with Crippen LogP contribution in [0.15, 0.2) is 77.0 Å². The molecule has 0 bridgehead atoms. The number of anilines is 1. The topological polar surface area (TPSA) is 70.4 Å². The first-order valence-corrected chi connectivity index (χ1v) is 11.7. The van der Waals surface area contributed by atoms with Gasteiger partial charge in [-0.25, -0.2) is 9.07 Å². The molecule has 0 unspecified atom stereocenters. The normalized spacial score (nSPS) is 18.1. The van der Waals surface area contributed by atoms with E-state index in [4.69, 9.17) is 14.2 Å². The van der Waals surface area contributed by atoms with Crippen molar-refractivity contribution < 1.29 is 18.6 Å². The summed E-state index contributed by atoms with van der Waals surface area (Å²) in [4.78, 5) is 4.41. The van der Waals surface area contributed by atoms with Crippen LogP contribution in [0.25, 0.3) is 5.70 Å². The van der Waals surface area contributed by atoms with Crippen molar-refractivity contribution in [1.82, 2.24) is 14.8 Å². The van der Waals surface area contributed by atoms with Crippen LogP contribution in [0.3, 0.4) is 0 Å². The minimum atomic E-state index is -0.513. The molecular weight excluding hydrogens is 515 g/mol. The molecule has 0 saturated carbocycles. The monoisotopic (exact) mass is 534 g/mol. The maximum absolute atomic E-state index is 14.4. The second-order valence-corrected chi connectivity index (χ2v) is 9.11. The van der Waals surface area contributed by atoms with Gasteiger partial charge in [0, 0.05) is 21.2 Å². The zero-order valence-corrected chi connectivity index (χ0v) is 20.4. The third-order valence-corrected chi connectivity index (χ3v) is 6.80. The van der Waals surface area contributed by atoms with Crippen LogP contribution in [0.4, 0.5) is 10.3 Å². The Bertz CT molecular complexity index is 1470. The van der Waals surface area contributed by atoms with Gasteiger partial charge in [0.2, 0.25) is 5.95 Å². The summed E-state index contributed by atoms with van der Waals surface area (Å²) in [7, 11) is 3.20. The first-order valence-electron chi connectivity index (χ1n) is 10.9. The van der Waals surface area contributed by atoms with E-state index in [1.165, 1.54) is 18.5 Å². The molecule has 3 aromatic carbocycles. The number of hydrogen-bond acceptors (Lipinski definition) is 6. The van der Waals surface area contributed by atoms with Gasteiger partial charge in [-0.1, -0.05) is 34.1 Å². The second kappa shape index (κ2) is 8.42. The minimum absolute atomic E-state index is 0.341. The fraction of sp³-hybridized carbons (Fsp3) is 0.154. The van der Waals surface area contributed by atoms with Crippen molar-refractivity contribution in [3.8, 4) is 17.2 Å². The lowest BCUT2D eigenvalue weighted by Gasteiger charge is -2.39. The summed E-state index contributed by atoms with van der Waals surface area (Å²) in [6, 6.07) is 17.9. The van der Waals surface area contributed by atoms with Crippen LogP contribution in [-0.4, -0.2) is 29.0 Å². The first kappa shape index (κ1) is 21.7. The van der Waals surface area contributed by atoms with E-state index >= 15 is 0 Å². The number of methoxy groups -OCH3 is 2. The summed E-state index contributed by atoms with van der Waals surface area (Å²) in [5.74, 6) is 2.00. The number of nitrogens with one attached hydrogen (secondary N) is 1. The van der Waals surface area contributed by atoms with Crippen LogP contribution in [0, 0.1) is 5.82 Å². The summed E-state index contributed by atoms with van der Waals surface area (Å²) in [6.07, 6.45) is 0.993. The predicted molar refractivity (Wildman–Crippen MR) is 132 cm³/mol. The molecular formula is C26H20BrFN4O3. The Balaban J connectivity index is 1.61. The van der Waals surface area contributed by atoms with Crippen LogP contribution < -0.4 is 19.5 Å². The lowest BCUT2D eigenvalue weighted by Crippen LogP contribution is -2.32. The Kier molecular flexibility index (Phi) is 5.21. The molecule has 1 N–H and O–H groups in total. The van der Waals surface area contributed by atoms with Gasteiger partial charge in [-0.15, -0.1) is 0 Å². The van der Waals surface area contributed by atoms with E-state index in [1.54, 1.807) is 20.3 Å². The molecule has 0 fully saturated rings. The number of hydrogen-bond donors (Lipinski definition) is 1. The molecule has 4 aromatic rings. The SMILES string of the molecule is COc1ccc([C@@H]2Oc3ccc(F)cc3C3=C2[C@H](c2ccc(Br)cc2)n2ncnc2N3)cc1OC. The highest BCUT2D eigenvalue weighted by molar-refractivity contribution is 9.10. The Morgan fingerprint density at radius 3 is 2.51 bits per heavy atom. The van der Waals surface area contributed by atoms with E-state index in [0.717, 1.165) is 26.9 Å². The van der Waals surface area contributed by atoms with Crippen molar-refractivity contribution in [3.63, 3.8) is 0 Å². The molecule has 35 heavy (non-hydrogen) atoms. The van der Waals surface area contributed by atoms with Gasteiger partial charge < -0.3 is 19.5 Å². The highest BCUT2D eigenvalue weighted by Gasteiger charge is 2.41. The highest BCUT2D eigenvalue weighted by Crippen LogP contribution is 2.51. The zero-order chi connectivity index (χ0) is 24.1. The molecule has 176 valence electrons. The second-order valence-electron chi connectivity index (χ2n) is 8.19. The Hall–Kier alpha value is -3.85. The number of benzene rings is 3. The average molecular weight is 535 g/mol. The van der Waals surface area contributed by atoms with Gasteiger partial charge in [0.15, 0.2) is 11.5 Å². The zero-order valence-electron chi connectivity index (χ0n) is 18.8. The van der Waals surface area contributed by atoms with E-state index < -0.39 is 6.10 Å². The summed E-state index contributed by atoms with van der Waals surface area (Å²) >= 11 is 3.52. The number of ether oxygens (including phenoxy) is 3. The van der Waals surface area contributed by atoms with Crippen LogP contribution >= 0.6 is 15.9 Å². The molecule has 3 heterocycles. The van der Waals surface area contributed by atoms with Gasteiger partial charge in [-0.05, 0) is 48.0 Å². The molecule has 0 saturated heterocycles.